The van der Waals surface area contributed by atoms with E-state index in [0.717, 1.165) is 0 Å². The third-order valence-electron chi connectivity index (χ3n) is 2.75. The number of nitrogens with two attached hydrogens (primary N) is 1. The Balaban J connectivity index is 1.97. The van der Waals surface area contributed by atoms with Gasteiger partial charge in [0.1, 0.15) is 17.2 Å². The number of anilines is 1. The summed E-state index contributed by atoms with van der Waals surface area (Å²) >= 11 is 0. The molecule has 0 unspecified atom stereocenters. The maximum Gasteiger partial charge on any atom is 0.246 e. The van der Waals surface area contributed by atoms with Crippen molar-refractivity contribution in [2.75, 3.05) is 20.0 Å². The minimum atomic E-state index is -0.397. The van der Waals surface area contributed by atoms with Gasteiger partial charge in [0, 0.05) is 11.6 Å². The summed E-state index contributed by atoms with van der Waals surface area (Å²) in [4.78, 5) is 11.7. The van der Waals surface area contributed by atoms with Crippen LogP contribution in [-0.2, 0) is 11.2 Å². The molecular weight excluding hydrogens is 290 g/mol. The van der Waals surface area contributed by atoms with E-state index in [1.54, 1.807) is 25.3 Å². The molecule has 1 amide bonds. The number of carbonyl (C=O) groups excluding carboxylic acids is 1. The maximum absolute atomic E-state index is 11.7. The number of methoxy groups -OCH3 is 2. The van der Waals surface area contributed by atoms with Crippen LogP contribution in [0, 0.1) is 0 Å². The quantitative estimate of drug-likeness (QED) is 0.583. The van der Waals surface area contributed by atoms with Crippen LogP contribution >= 0.6 is 0 Å². The molecule has 1 aromatic heterocycles. The molecule has 0 spiro atoms. The molecular formula is C13H15N5O4. The van der Waals surface area contributed by atoms with E-state index in [-0.39, 0.29) is 17.9 Å². The second-order valence-corrected chi connectivity index (χ2v) is 4.17. The molecule has 0 bridgehead atoms. The second kappa shape index (κ2) is 7.07. The van der Waals surface area contributed by atoms with Gasteiger partial charge in [-0.2, -0.15) is 5.10 Å². The summed E-state index contributed by atoms with van der Waals surface area (Å²) in [5.74, 6) is 0.913. The number of hydrogen-bond donors (Lipinski definition) is 2. The molecule has 0 saturated heterocycles. The maximum atomic E-state index is 11.7. The molecule has 0 radical (unpaired) electrons. The van der Waals surface area contributed by atoms with Gasteiger partial charge < -0.3 is 15.2 Å². The standard InChI is InChI=1S/C13H15N5O4/c1-20-9-4-3-8(11(5-9)21-2)7-15-16-12(19)6-10-13(14)18-22-17-10/h3-5,7H,6H2,1-2H3,(H2,14,18)(H,16,19)/b15-7-. The van der Waals surface area contributed by atoms with Crippen LogP contribution in [0.25, 0.3) is 0 Å². The first-order valence-electron chi connectivity index (χ1n) is 6.25. The fourth-order valence-corrected chi connectivity index (χ4v) is 1.63. The fourth-order valence-electron chi connectivity index (χ4n) is 1.63. The smallest absolute Gasteiger partial charge is 0.246 e. The topological polar surface area (TPSA) is 125 Å². The van der Waals surface area contributed by atoms with Crippen LogP contribution in [0.1, 0.15) is 11.3 Å². The van der Waals surface area contributed by atoms with Gasteiger partial charge in [-0.15, -0.1) is 0 Å². The van der Waals surface area contributed by atoms with Crippen molar-refractivity contribution in [3.8, 4) is 11.5 Å². The first kappa shape index (κ1) is 15.3. The zero-order valence-electron chi connectivity index (χ0n) is 12.1. The summed E-state index contributed by atoms with van der Waals surface area (Å²) < 4.78 is 14.7. The lowest BCUT2D eigenvalue weighted by atomic mass is 10.2. The molecule has 2 rings (SSSR count). The molecule has 116 valence electrons. The molecule has 0 atom stereocenters. The normalized spacial score (nSPS) is 10.6. The van der Waals surface area contributed by atoms with E-state index in [0.29, 0.717) is 17.1 Å². The molecule has 1 aromatic carbocycles. The molecule has 1 heterocycles. The fraction of sp³-hybridized carbons (Fsp3) is 0.231. The Labute approximate surface area is 126 Å². The summed E-state index contributed by atoms with van der Waals surface area (Å²) in [5, 5.41) is 10.7. The van der Waals surface area contributed by atoms with Crippen molar-refractivity contribution in [2.45, 2.75) is 6.42 Å². The lowest BCUT2D eigenvalue weighted by Gasteiger charge is -2.06. The van der Waals surface area contributed by atoms with Crippen molar-refractivity contribution in [3.05, 3.63) is 29.5 Å². The van der Waals surface area contributed by atoms with Crippen LogP contribution in [0.2, 0.25) is 0 Å². The van der Waals surface area contributed by atoms with Gasteiger partial charge in [-0.1, -0.05) is 5.16 Å². The highest BCUT2D eigenvalue weighted by atomic mass is 16.6. The van der Waals surface area contributed by atoms with Crippen molar-refractivity contribution in [1.82, 2.24) is 15.7 Å². The van der Waals surface area contributed by atoms with E-state index in [1.165, 1.54) is 13.3 Å². The van der Waals surface area contributed by atoms with Gasteiger partial charge in [-0.05, 0) is 17.3 Å². The van der Waals surface area contributed by atoms with E-state index in [4.69, 9.17) is 15.2 Å². The van der Waals surface area contributed by atoms with Crippen LogP contribution in [-0.4, -0.2) is 36.7 Å². The Morgan fingerprint density at radius 2 is 2.23 bits per heavy atom. The lowest BCUT2D eigenvalue weighted by Crippen LogP contribution is -2.20. The zero-order valence-corrected chi connectivity index (χ0v) is 12.1. The van der Waals surface area contributed by atoms with Crippen molar-refractivity contribution >= 4 is 17.9 Å². The number of carbonyl (C=O) groups is 1. The van der Waals surface area contributed by atoms with Crippen molar-refractivity contribution in [3.63, 3.8) is 0 Å². The van der Waals surface area contributed by atoms with Gasteiger partial charge >= 0.3 is 0 Å². The molecule has 3 N–H and O–H groups in total. The average Bonchev–Trinajstić information content (AvgIpc) is 2.92. The molecule has 9 nitrogen and oxygen atoms in total. The van der Waals surface area contributed by atoms with Crippen molar-refractivity contribution in [2.24, 2.45) is 5.10 Å². The third kappa shape index (κ3) is 3.72. The van der Waals surface area contributed by atoms with Gasteiger partial charge in [-0.3, -0.25) is 4.79 Å². The van der Waals surface area contributed by atoms with Gasteiger partial charge in [0.2, 0.25) is 5.91 Å². The zero-order chi connectivity index (χ0) is 15.9. The number of nitrogens with zero attached hydrogens (tertiary/aromatic N) is 3. The monoisotopic (exact) mass is 305 g/mol. The Morgan fingerprint density at radius 3 is 2.86 bits per heavy atom. The number of ether oxygens (including phenoxy) is 2. The molecule has 0 aliphatic rings. The Hall–Kier alpha value is -3.10. The summed E-state index contributed by atoms with van der Waals surface area (Å²) in [7, 11) is 3.10. The number of hydrogen-bond acceptors (Lipinski definition) is 8. The molecule has 0 fully saturated rings. The molecule has 2 aromatic rings. The lowest BCUT2D eigenvalue weighted by molar-refractivity contribution is -0.120. The van der Waals surface area contributed by atoms with Crippen LogP contribution in [0.4, 0.5) is 5.82 Å². The molecule has 9 heteroatoms. The number of amides is 1. The second-order valence-electron chi connectivity index (χ2n) is 4.17. The third-order valence-corrected chi connectivity index (χ3v) is 2.75. The summed E-state index contributed by atoms with van der Waals surface area (Å²) in [5.41, 5.74) is 8.76. The Bertz CT molecular complexity index is 683. The summed E-state index contributed by atoms with van der Waals surface area (Å²) in [6.07, 6.45) is 1.38. The van der Waals surface area contributed by atoms with Crippen LogP contribution in [0.5, 0.6) is 11.5 Å². The van der Waals surface area contributed by atoms with Crippen LogP contribution in [0.3, 0.4) is 0 Å². The van der Waals surface area contributed by atoms with E-state index in [9.17, 15) is 4.79 Å². The number of rotatable bonds is 6. The van der Waals surface area contributed by atoms with E-state index in [1.807, 2.05) is 0 Å². The average molecular weight is 305 g/mol. The number of hydrazone groups is 1. The highest BCUT2D eigenvalue weighted by Crippen LogP contribution is 2.22. The minimum Gasteiger partial charge on any atom is -0.497 e. The van der Waals surface area contributed by atoms with Crippen LogP contribution in [0.15, 0.2) is 27.9 Å². The van der Waals surface area contributed by atoms with Crippen molar-refractivity contribution in [1.29, 1.82) is 0 Å². The highest BCUT2D eigenvalue weighted by Gasteiger charge is 2.11. The Kier molecular flexibility index (Phi) is 4.91. The number of aromatic nitrogens is 2. The molecule has 22 heavy (non-hydrogen) atoms. The van der Waals surface area contributed by atoms with Crippen LogP contribution < -0.4 is 20.6 Å². The van der Waals surface area contributed by atoms with Gasteiger partial charge in [-0.25, -0.2) is 10.1 Å². The summed E-state index contributed by atoms with van der Waals surface area (Å²) in [6.45, 7) is 0. The van der Waals surface area contributed by atoms with E-state index >= 15 is 0 Å². The van der Waals surface area contributed by atoms with Gasteiger partial charge in [0.25, 0.3) is 0 Å². The van der Waals surface area contributed by atoms with E-state index in [2.05, 4.69) is 25.5 Å². The molecule has 0 saturated carbocycles. The largest absolute Gasteiger partial charge is 0.497 e. The SMILES string of the molecule is COc1ccc(/C=N\NC(=O)Cc2nonc2N)c(OC)c1. The van der Waals surface area contributed by atoms with E-state index < -0.39 is 5.91 Å². The molecule has 0 aliphatic carbocycles. The minimum absolute atomic E-state index is 0.0770. The number of nitrogen functional groups attached to an aromatic ring is 1. The Morgan fingerprint density at radius 1 is 1.41 bits per heavy atom. The van der Waals surface area contributed by atoms with Gasteiger partial charge in [0.05, 0.1) is 26.9 Å². The number of benzene rings is 1. The van der Waals surface area contributed by atoms with Gasteiger partial charge in [0.15, 0.2) is 5.82 Å². The number of nitrogens with one attached hydrogen (secondary N) is 1. The first-order valence-corrected chi connectivity index (χ1v) is 6.25. The van der Waals surface area contributed by atoms with Crippen molar-refractivity contribution < 1.29 is 18.9 Å². The summed E-state index contributed by atoms with van der Waals surface area (Å²) in [6, 6.07) is 5.23. The predicted molar refractivity (Wildman–Crippen MR) is 77.7 cm³/mol. The first-order chi connectivity index (χ1) is 10.6. The predicted octanol–water partition coefficient (Wildman–Crippen LogP) is 0.362. The highest BCUT2D eigenvalue weighted by molar-refractivity contribution is 5.86. The molecule has 0 aliphatic heterocycles.